The summed E-state index contributed by atoms with van der Waals surface area (Å²) in [4.78, 5) is 1.89. The standard InChI is InChI=1S/C16H15ClN2O2/c1-20-14-8-13(15(21-2)7-12(14)17)19-9-10-5-3-4-6-11(10)16(19)18/h3-8,18H,9H2,1-2H3. The molecule has 1 heterocycles. The highest BCUT2D eigenvalue weighted by Crippen LogP contribution is 2.40. The van der Waals surface area contributed by atoms with Gasteiger partial charge in [0.1, 0.15) is 17.3 Å². The van der Waals surface area contributed by atoms with Gasteiger partial charge in [0.15, 0.2) is 0 Å². The molecule has 2 aromatic carbocycles. The highest BCUT2D eigenvalue weighted by atomic mass is 35.5. The van der Waals surface area contributed by atoms with Crippen LogP contribution < -0.4 is 14.4 Å². The fraction of sp³-hybridized carbons (Fsp3) is 0.188. The van der Waals surface area contributed by atoms with E-state index in [1.54, 1.807) is 20.3 Å². The van der Waals surface area contributed by atoms with Gasteiger partial charge in [0, 0.05) is 17.7 Å². The van der Waals surface area contributed by atoms with Gasteiger partial charge in [-0.05, 0) is 5.56 Å². The molecular weight excluding hydrogens is 288 g/mol. The zero-order valence-electron chi connectivity index (χ0n) is 11.8. The molecule has 0 saturated heterocycles. The van der Waals surface area contributed by atoms with Crippen LogP contribution >= 0.6 is 11.6 Å². The summed E-state index contributed by atoms with van der Waals surface area (Å²) in [6.07, 6.45) is 0. The van der Waals surface area contributed by atoms with E-state index < -0.39 is 0 Å². The van der Waals surface area contributed by atoms with E-state index in [0.717, 1.165) is 16.8 Å². The van der Waals surface area contributed by atoms with Crippen LogP contribution in [0.15, 0.2) is 36.4 Å². The van der Waals surface area contributed by atoms with Crippen LogP contribution in [0.25, 0.3) is 0 Å². The number of nitrogens with one attached hydrogen (secondary N) is 1. The van der Waals surface area contributed by atoms with E-state index >= 15 is 0 Å². The van der Waals surface area contributed by atoms with Crippen LogP contribution in [0.3, 0.4) is 0 Å². The van der Waals surface area contributed by atoms with Crippen LogP contribution in [0, 0.1) is 5.41 Å². The Bertz CT molecular complexity index is 715. The lowest BCUT2D eigenvalue weighted by atomic mass is 10.1. The lowest BCUT2D eigenvalue weighted by Gasteiger charge is -2.22. The summed E-state index contributed by atoms with van der Waals surface area (Å²) in [5.74, 6) is 1.64. The molecule has 0 bridgehead atoms. The third-order valence-electron chi connectivity index (χ3n) is 3.61. The third kappa shape index (κ3) is 2.21. The number of methoxy groups -OCH3 is 2. The van der Waals surface area contributed by atoms with Gasteiger partial charge in [0.05, 0.1) is 31.5 Å². The molecule has 4 nitrogen and oxygen atoms in total. The Morgan fingerprint density at radius 3 is 2.48 bits per heavy atom. The number of benzene rings is 2. The van der Waals surface area contributed by atoms with Gasteiger partial charge >= 0.3 is 0 Å². The molecule has 0 amide bonds. The smallest absolute Gasteiger partial charge is 0.144 e. The first kappa shape index (κ1) is 13.8. The first-order chi connectivity index (χ1) is 10.2. The Balaban J connectivity index is 2.08. The van der Waals surface area contributed by atoms with Gasteiger partial charge in [-0.2, -0.15) is 0 Å². The maximum atomic E-state index is 8.37. The van der Waals surface area contributed by atoms with Crippen molar-refractivity contribution < 1.29 is 9.47 Å². The largest absolute Gasteiger partial charge is 0.495 e. The van der Waals surface area contributed by atoms with Crippen molar-refractivity contribution in [2.45, 2.75) is 6.54 Å². The molecule has 0 aliphatic carbocycles. The number of fused-ring (bicyclic) bond motifs is 1. The second-order valence-corrected chi connectivity index (χ2v) is 5.16. The molecule has 0 unspecified atom stereocenters. The first-order valence-electron chi connectivity index (χ1n) is 6.51. The Morgan fingerprint density at radius 1 is 1.10 bits per heavy atom. The maximum absolute atomic E-state index is 8.37. The van der Waals surface area contributed by atoms with Gasteiger partial charge in [0.25, 0.3) is 0 Å². The van der Waals surface area contributed by atoms with E-state index in [0.29, 0.717) is 28.9 Å². The Labute approximate surface area is 128 Å². The van der Waals surface area contributed by atoms with Gasteiger partial charge in [-0.1, -0.05) is 35.9 Å². The van der Waals surface area contributed by atoms with Gasteiger partial charge in [-0.3, -0.25) is 5.41 Å². The molecule has 0 radical (unpaired) electrons. The van der Waals surface area contributed by atoms with Crippen LogP contribution in [0.4, 0.5) is 5.69 Å². The lowest BCUT2D eigenvalue weighted by molar-refractivity contribution is 0.404. The quantitative estimate of drug-likeness (QED) is 0.940. The van der Waals surface area contributed by atoms with Crippen LogP contribution in [0.2, 0.25) is 5.02 Å². The van der Waals surface area contributed by atoms with Crippen molar-refractivity contribution in [2.75, 3.05) is 19.1 Å². The molecule has 0 saturated carbocycles. The number of anilines is 1. The third-order valence-corrected chi connectivity index (χ3v) is 3.91. The highest BCUT2D eigenvalue weighted by molar-refractivity contribution is 6.32. The number of hydrogen-bond donors (Lipinski definition) is 1. The van der Waals surface area contributed by atoms with Crippen molar-refractivity contribution in [2.24, 2.45) is 0 Å². The van der Waals surface area contributed by atoms with Crippen LogP contribution in [-0.2, 0) is 6.54 Å². The van der Waals surface area contributed by atoms with E-state index in [9.17, 15) is 0 Å². The van der Waals surface area contributed by atoms with E-state index in [1.807, 2.05) is 35.2 Å². The lowest BCUT2D eigenvalue weighted by Crippen LogP contribution is -2.23. The van der Waals surface area contributed by atoms with E-state index in [4.69, 9.17) is 26.5 Å². The van der Waals surface area contributed by atoms with Gasteiger partial charge < -0.3 is 14.4 Å². The number of halogens is 1. The zero-order chi connectivity index (χ0) is 15.0. The van der Waals surface area contributed by atoms with Gasteiger partial charge in [0.2, 0.25) is 0 Å². The van der Waals surface area contributed by atoms with Crippen molar-refractivity contribution in [1.29, 1.82) is 5.41 Å². The normalized spacial score (nSPS) is 13.3. The second kappa shape index (κ2) is 5.30. The van der Waals surface area contributed by atoms with Gasteiger partial charge in [-0.25, -0.2) is 0 Å². The summed E-state index contributed by atoms with van der Waals surface area (Å²) in [7, 11) is 3.16. The Hall–Kier alpha value is -2.20. The molecule has 0 spiro atoms. The molecule has 3 rings (SSSR count). The minimum atomic E-state index is 0.452. The summed E-state index contributed by atoms with van der Waals surface area (Å²) in [5.41, 5.74) is 2.84. The SMILES string of the molecule is COc1cc(N2Cc3ccccc3C2=N)c(OC)cc1Cl. The van der Waals surface area contributed by atoms with Crippen molar-refractivity contribution in [1.82, 2.24) is 0 Å². The molecule has 0 atom stereocenters. The topological polar surface area (TPSA) is 45.5 Å². The molecule has 1 N–H and O–H groups in total. The Kier molecular flexibility index (Phi) is 3.47. The molecular formula is C16H15ClN2O2. The Morgan fingerprint density at radius 2 is 1.81 bits per heavy atom. The van der Waals surface area contributed by atoms with Crippen LogP contribution in [-0.4, -0.2) is 20.1 Å². The number of nitrogens with zero attached hydrogens (tertiary/aromatic N) is 1. The maximum Gasteiger partial charge on any atom is 0.144 e. The summed E-state index contributed by atoms with van der Waals surface area (Å²) in [6.45, 7) is 0.635. The van der Waals surface area contributed by atoms with Crippen molar-refractivity contribution in [3.63, 3.8) is 0 Å². The minimum absolute atomic E-state index is 0.452. The number of hydrogen-bond acceptors (Lipinski definition) is 3. The number of amidine groups is 1. The van der Waals surface area contributed by atoms with E-state index in [1.165, 1.54) is 0 Å². The molecule has 1 aliphatic heterocycles. The zero-order valence-corrected chi connectivity index (χ0v) is 12.6. The fourth-order valence-corrected chi connectivity index (χ4v) is 2.78. The fourth-order valence-electron chi connectivity index (χ4n) is 2.54. The average Bonchev–Trinajstić information content (AvgIpc) is 2.84. The molecule has 0 aromatic heterocycles. The first-order valence-corrected chi connectivity index (χ1v) is 6.89. The summed E-state index contributed by atoms with van der Waals surface area (Å²) >= 11 is 6.14. The molecule has 2 aromatic rings. The summed E-state index contributed by atoms with van der Waals surface area (Å²) < 4.78 is 10.7. The van der Waals surface area contributed by atoms with E-state index in [2.05, 4.69) is 0 Å². The highest BCUT2D eigenvalue weighted by Gasteiger charge is 2.27. The predicted octanol–water partition coefficient (Wildman–Crippen LogP) is 3.70. The molecule has 21 heavy (non-hydrogen) atoms. The van der Waals surface area contributed by atoms with Crippen molar-refractivity contribution in [3.8, 4) is 11.5 Å². The van der Waals surface area contributed by atoms with Crippen LogP contribution in [0.5, 0.6) is 11.5 Å². The monoisotopic (exact) mass is 302 g/mol. The molecule has 5 heteroatoms. The average molecular weight is 303 g/mol. The molecule has 108 valence electrons. The van der Waals surface area contributed by atoms with E-state index in [-0.39, 0.29) is 0 Å². The predicted molar refractivity (Wildman–Crippen MR) is 84.0 cm³/mol. The minimum Gasteiger partial charge on any atom is -0.495 e. The van der Waals surface area contributed by atoms with Crippen molar-refractivity contribution >= 4 is 23.1 Å². The van der Waals surface area contributed by atoms with Crippen LogP contribution in [0.1, 0.15) is 11.1 Å². The summed E-state index contributed by atoms with van der Waals surface area (Å²) in [5, 5.41) is 8.86. The van der Waals surface area contributed by atoms with Gasteiger partial charge in [-0.15, -0.1) is 0 Å². The molecule has 0 fully saturated rings. The number of rotatable bonds is 3. The summed E-state index contributed by atoms with van der Waals surface area (Å²) in [6, 6.07) is 11.4. The molecule has 1 aliphatic rings. The van der Waals surface area contributed by atoms with Crippen molar-refractivity contribution in [3.05, 3.63) is 52.5 Å². The number of ether oxygens (including phenoxy) is 2. The second-order valence-electron chi connectivity index (χ2n) is 4.75.